The van der Waals surface area contributed by atoms with Crippen LogP contribution < -0.4 is 0 Å². The molecule has 0 unspecified atom stereocenters. The molecule has 0 atom stereocenters. The van der Waals surface area contributed by atoms with Crippen LogP contribution in [-0.4, -0.2) is 6.18 Å². The maximum atomic E-state index is 11.9. The lowest BCUT2D eigenvalue weighted by atomic mass is 10.0. The van der Waals surface area contributed by atoms with Crippen molar-refractivity contribution in [2.75, 3.05) is 0 Å². The van der Waals surface area contributed by atoms with Crippen molar-refractivity contribution < 1.29 is 13.2 Å². The van der Waals surface area contributed by atoms with E-state index < -0.39 is 12.6 Å². The zero-order valence-electron chi connectivity index (χ0n) is 8.93. The van der Waals surface area contributed by atoms with Crippen LogP contribution in [0.4, 0.5) is 13.2 Å². The molecule has 0 saturated heterocycles. The van der Waals surface area contributed by atoms with Gasteiger partial charge < -0.3 is 0 Å². The molecule has 0 heterocycles. The monoisotopic (exact) mass is 216 g/mol. The van der Waals surface area contributed by atoms with Gasteiger partial charge in [-0.2, -0.15) is 13.2 Å². The third kappa shape index (κ3) is 4.36. The second kappa shape index (κ2) is 4.69. The normalized spacial score (nSPS) is 12.1. The third-order valence-corrected chi connectivity index (χ3v) is 2.34. The first-order chi connectivity index (χ1) is 6.88. The van der Waals surface area contributed by atoms with Gasteiger partial charge in [-0.05, 0) is 23.5 Å². The maximum Gasteiger partial charge on any atom is 0.389 e. The summed E-state index contributed by atoms with van der Waals surface area (Å²) in [6, 6.07) is 7.36. The molecule has 0 aliphatic heterocycles. The fraction of sp³-hybridized carbons (Fsp3) is 0.500. The zero-order chi connectivity index (χ0) is 11.5. The molecule has 0 spiro atoms. The summed E-state index contributed by atoms with van der Waals surface area (Å²) in [5, 5.41) is 0. The molecule has 3 heteroatoms. The smallest absolute Gasteiger partial charge is 0.171 e. The zero-order valence-corrected chi connectivity index (χ0v) is 8.93. The molecule has 0 N–H and O–H groups in total. The molecule has 84 valence electrons. The van der Waals surface area contributed by atoms with Crippen molar-refractivity contribution in [2.24, 2.45) is 0 Å². The molecule has 0 amide bonds. The summed E-state index contributed by atoms with van der Waals surface area (Å²) in [5.74, 6) is 0.418. The Kier molecular flexibility index (Phi) is 3.77. The average molecular weight is 216 g/mol. The van der Waals surface area contributed by atoms with Gasteiger partial charge in [0.2, 0.25) is 0 Å². The van der Waals surface area contributed by atoms with Crippen LogP contribution in [0.15, 0.2) is 24.3 Å². The van der Waals surface area contributed by atoms with Crippen LogP contribution in [0.25, 0.3) is 0 Å². The molecule has 0 bridgehead atoms. The predicted octanol–water partition coefficient (Wildman–Crippen LogP) is 4.30. The van der Waals surface area contributed by atoms with Crippen molar-refractivity contribution in [1.29, 1.82) is 0 Å². The Morgan fingerprint density at radius 1 is 1.07 bits per heavy atom. The first-order valence-electron chi connectivity index (χ1n) is 5.04. The van der Waals surface area contributed by atoms with E-state index in [0.717, 1.165) is 11.1 Å². The van der Waals surface area contributed by atoms with Crippen LogP contribution in [0, 0.1) is 0 Å². The number of aryl methyl sites for hydroxylation is 1. The van der Waals surface area contributed by atoms with Gasteiger partial charge in [0.25, 0.3) is 0 Å². The summed E-state index contributed by atoms with van der Waals surface area (Å²) in [7, 11) is 0. The Morgan fingerprint density at radius 2 is 1.60 bits per heavy atom. The van der Waals surface area contributed by atoms with Crippen molar-refractivity contribution in [1.82, 2.24) is 0 Å². The van der Waals surface area contributed by atoms with Crippen LogP contribution >= 0.6 is 0 Å². The Morgan fingerprint density at radius 3 is 2.00 bits per heavy atom. The second-order valence-corrected chi connectivity index (χ2v) is 4.01. The van der Waals surface area contributed by atoms with Crippen molar-refractivity contribution in [3.05, 3.63) is 35.4 Å². The molecule has 0 aromatic heterocycles. The highest BCUT2D eigenvalue weighted by Crippen LogP contribution is 2.22. The van der Waals surface area contributed by atoms with Gasteiger partial charge in [0.15, 0.2) is 0 Å². The lowest BCUT2D eigenvalue weighted by Gasteiger charge is -2.08. The largest absolute Gasteiger partial charge is 0.389 e. The van der Waals surface area contributed by atoms with E-state index in [9.17, 15) is 13.2 Å². The molecular formula is C12H15F3. The lowest BCUT2D eigenvalue weighted by Crippen LogP contribution is -2.08. The van der Waals surface area contributed by atoms with Gasteiger partial charge in [-0.3, -0.25) is 0 Å². The van der Waals surface area contributed by atoms with Crippen LogP contribution in [0.3, 0.4) is 0 Å². The Hall–Kier alpha value is -0.990. The molecule has 1 aromatic carbocycles. The lowest BCUT2D eigenvalue weighted by molar-refractivity contribution is -0.133. The Balaban J connectivity index is 2.57. The first kappa shape index (κ1) is 12.1. The number of benzene rings is 1. The van der Waals surface area contributed by atoms with E-state index in [-0.39, 0.29) is 6.42 Å². The van der Waals surface area contributed by atoms with Gasteiger partial charge in [0.1, 0.15) is 0 Å². The number of halogens is 3. The maximum absolute atomic E-state index is 11.9. The molecule has 0 fully saturated rings. The van der Waals surface area contributed by atoms with E-state index in [2.05, 4.69) is 13.8 Å². The van der Waals surface area contributed by atoms with E-state index in [1.54, 1.807) is 12.1 Å². The number of alkyl halides is 3. The highest BCUT2D eigenvalue weighted by Gasteiger charge is 2.26. The standard InChI is InChI=1S/C12H15F3/c1-9(2)11-5-3-10(4-6-11)7-8-12(13,14)15/h3-6,9H,7-8H2,1-2H3. The van der Waals surface area contributed by atoms with E-state index in [1.807, 2.05) is 12.1 Å². The summed E-state index contributed by atoms with van der Waals surface area (Å²) >= 11 is 0. The van der Waals surface area contributed by atoms with Gasteiger partial charge in [-0.1, -0.05) is 38.1 Å². The molecular weight excluding hydrogens is 201 g/mol. The molecule has 1 aromatic rings. The molecule has 15 heavy (non-hydrogen) atoms. The van der Waals surface area contributed by atoms with Gasteiger partial charge in [-0.25, -0.2) is 0 Å². The number of hydrogen-bond acceptors (Lipinski definition) is 0. The summed E-state index contributed by atoms with van der Waals surface area (Å²) in [4.78, 5) is 0. The van der Waals surface area contributed by atoms with Crippen molar-refractivity contribution >= 4 is 0 Å². The molecule has 0 saturated carbocycles. The number of hydrogen-bond donors (Lipinski definition) is 0. The molecule has 0 aliphatic rings. The highest BCUT2D eigenvalue weighted by atomic mass is 19.4. The minimum absolute atomic E-state index is 0.0713. The highest BCUT2D eigenvalue weighted by molar-refractivity contribution is 5.24. The van der Waals surface area contributed by atoms with Crippen LogP contribution in [0.2, 0.25) is 0 Å². The topological polar surface area (TPSA) is 0 Å². The van der Waals surface area contributed by atoms with Gasteiger partial charge in [-0.15, -0.1) is 0 Å². The first-order valence-corrected chi connectivity index (χ1v) is 5.04. The summed E-state index contributed by atoms with van der Waals surface area (Å²) in [5.41, 5.74) is 1.91. The van der Waals surface area contributed by atoms with E-state index in [1.165, 1.54) is 0 Å². The minimum Gasteiger partial charge on any atom is -0.171 e. The fourth-order valence-electron chi connectivity index (χ4n) is 1.36. The second-order valence-electron chi connectivity index (χ2n) is 4.01. The third-order valence-electron chi connectivity index (χ3n) is 2.34. The predicted molar refractivity (Wildman–Crippen MR) is 54.9 cm³/mol. The summed E-state index contributed by atoms with van der Waals surface area (Å²) < 4.78 is 35.8. The summed E-state index contributed by atoms with van der Waals surface area (Å²) in [6.45, 7) is 4.12. The molecule has 0 radical (unpaired) electrons. The van der Waals surface area contributed by atoms with Crippen LogP contribution in [0.1, 0.15) is 37.3 Å². The van der Waals surface area contributed by atoms with Crippen molar-refractivity contribution in [2.45, 2.75) is 38.8 Å². The van der Waals surface area contributed by atoms with Crippen molar-refractivity contribution in [3.8, 4) is 0 Å². The number of rotatable bonds is 3. The van der Waals surface area contributed by atoms with Crippen LogP contribution in [-0.2, 0) is 6.42 Å². The van der Waals surface area contributed by atoms with Crippen molar-refractivity contribution in [3.63, 3.8) is 0 Å². The van der Waals surface area contributed by atoms with Gasteiger partial charge in [0.05, 0.1) is 0 Å². The Bertz CT molecular complexity index is 296. The molecule has 1 rings (SSSR count). The quantitative estimate of drug-likeness (QED) is 0.706. The van der Waals surface area contributed by atoms with Gasteiger partial charge in [0, 0.05) is 6.42 Å². The minimum atomic E-state index is -4.06. The average Bonchev–Trinajstić information content (AvgIpc) is 2.14. The SMILES string of the molecule is CC(C)c1ccc(CCC(F)(F)F)cc1. The van der Waals surface area contributed by atoms with E-state index >= 15 is 0 Å². The fourth-order valence-corrected chi connectivity index (χ4v) is 1.36. The van der Waals surface area contributed by atoms with E-state index in [4.69, 9.17) is 0 Å². The van der Waals surface area contributed by atoms with Gasteiger partial charge >= 0.3 is 6.18 Å². The Labute approximate surface area is 88.1 Å². The molecule has 0 aliphatic carbocycles. The van der Waals surface area contributed by atoms with E-state index in [0.29, 0.717) is 5.92 Å². The summed E-state index contributed by atoms with van der Waals surface area (Å²) in [6.07, 6.45) is -4.73. The van der Waals surface area contributed by atoms with Crippen LogP contribution in [0.5, 0.6) is 0 Å². The molecule has 0 nitrogen and oxygen atoms in total.